The molecule has 2 heteroatoms. The van der Waals surface area contributed by atoms with Gasteiger partial charge in [0.25, 0.3) is 0 Å². The molecule has 1 unspecified atom stereocenters. The lowest BCUT2D eigenvalue weighted by Crippen LogP contribution is -2.45. The fourth-order valence-electron chi connectivity index (χ4n) is 4.36. The van der Waals surface area contributed by atoms with Crippen molar-refractivity contribution >= 4 is 0 Å². The maximum Gasteiger partial charge on any atom is 0.127 e. The molecule has 0 fully saturated rings. The zero-order valence-electron chi connectivity index (χ0n) is 14.5. The summed E-state index contributed by atoms with van der Waals surface area (Å²) in [6, 6.07) is 14.1. The Bertz CT molecular complexity index is 802. The number of hydrogen-bond acceptors (Lipinski definition) is 2. The number of aromatic hydroxyl groups is 1. The van der Waals surface area contributed by atoms with Crippen molar-refractivity contribution in [1.82, 2.24) is 0 Å². The van der Waals surface area contributed by atoms with E-state index in [0.717, 1.165) is 35.3 Å². The van der Waals surface area contributed by atoms with Crippen molar-refractivity contribution in [2.45, 2.75) is 45.1 Å². The molecule has 124 valence electrons. The Kier molecular flexibility index (Phi) is 3.45. The fraction of sp³-hybridized carbons (Fsp3) is 0.364. The lowest BCUT2D eigenvalue weighted by Gasteiger charge is -2.47. The number of fused-ring (bicyclic) bond motifs is 3. The molecular weight excluding hydrogens is 296 g/mol. The highest BCUT2D eigenvalue weighted by atomic mass is 16.5. The van der Waals surface area contributed by atoms with Crippen LogP contribution in [0.4, 0.5) is 0 Å². The zero-order chi connectivity index (χ0) is 16.9. The second kappa shape index (κ2) is 5.41. The molecule has 0 amide bonds. The normalized spacial score (nSPS) is 24.4. The Labute approximate surface area is 143 Å². The Hall–Kier alpha value is -2.22. The molecule has 2 aromatic carbocycles. The van der Waals surface area contributed by atoms with E-state index < -0.39 is 0 Å². The van der Waals surface area contributed by atoms with Crippen molar-refractivity contribution in [3.8, 4) is 22.6 Å². The van der Waals surface area contributed by atoms with Gasteiger partial charge < -0.3 is 9.84 Å². The van der Waals surface area contributed by atoms with E-state index in [4.69, 9.17) is 4.74 Å². The first-order valence-electron chi connectivity index (χ1n) is 8.72. The van der Waals surface area contributed by atoms with Crippen LogP contribution in [-0.2, 0) is 0 Å². The summed E-state index contributed by atoms with van der Waals surface area (Å²) < 4.78 is 6.38. The topological polar surface area (TPSA) is 29.5 Å². The van der Waals surface area contributed by atoms with Gasteiger partial charge in [-0.15, -0.1) is 0 Å². The van der Waals surface area contributed by atoms with Crippen LogP contribution >= 0.6 is 0 Å². The van der Waals surface area contributed by atoms with Gasteiger partial charge in [0.2, 0.25) is 0 Å². The lowest BCUT2D eigenvalue weighted by molar-refractivity contribution is 0.00768. The zero-order valence-corrected chi connectivity index (χ0v) is 14.5. The molecule has 0 saturated carbocycles. The number of hydrogen-bond donors (Lipinski definition) is 1. The van der Waals surface area contributed by atoms with Crippen molar-refractivity contribution in [2.24, 2.45) is 5.92 Å². The van der Waals surface area contributed by atoms with Crippen molar-refractivity contribution in [2.75, 3.05) is 0 Å². The summed E-state index contributed by atoms with van der Waals surface area (Å²) in [5.74, 6) is 1.95. The highest BCUT2D eigenvalue weighted by molar-refractivity contribution is 5.70. The van der Waals surface area contributed by atoms with E-state index in [9.17, 15) is 5.11 Å². The molecule has 0 spiro atoms. The molecule has 2 aromatic rings. The molecule has 0 bridgehead atoms. The predicted octanol–water partition coefficient (Wildman–Crippen LogP) is 5.67. The summed E-state index contributed by atoms with van der Waals surface area (Å²) in [5, 5.41) is 10.8. The van der Waals surface area contributed by atoms with Gasteiger partial charge in [-0.3, -0.25) is 0 Å². The number of allylic oxidation sites excluding steroid dienone is 2. The third-order valence-corrected chi connectivity index (χ3v) is 5.61. The summed E-state index contributed by atoms with van der Waals surface area (Å²) >= 11 is 0. The number of rotatable bonds is 1. The minimum absolute atomic E-state index is 0.226. The molecule has 2 aliphatic rings. The summed E-state index contributed by atoms with van der Waals surface area (Å²) in [6.45, 7) is 6.54. The van der Waals surface area contributed by atoms with E-state index in [-0.39, 0.29) is 5.60 Å². The van der Waals surface area contributed by atoms with Crippen LogP contribution in [0, 0.1) is 5.92 Å². The lowest BCUT2D eigenvalue weighted by atomic mass is 9.67. The van der Waals surface area contributed by atoms with Gasteiger partial charge in [0.05, 0.1) is 0 Å². The molecule has 1 N–H and O–H groups in total. The smallest absolute Gasteiger partial charge is 0.127 e. The van der Waals surface area contributed by atoms with Crippen molar-refractivity contribution in [3.05, 3.63) is 59.7 Å². The van der Waals surface area contributed by atoms with Crippen LogP contribution in [0.5, 0.6) is 11.5 Å². The van der Waals surface area contributed by atoms with Gasteiger partial charge in [-0.25, -0.2) is 0 Å². The van der Waals surface area contributed by atoms with Gasteiger partial charge in [0.1, 0.15) is 17.1 Å². The van der Waals surface area contributed by atoms with E-state index in [1.807, 2.05) is 24.3 Å². The number of benzene rings is 2. The molecule has 0 saturated heterocycles. The van der Waals surface area contributed by atoms with Gasteiger partial charge in [-0.05, 0) is 56.9 Å². The van der Waals surface area contributed by atoms with Crippen LogP contribution < -0.4 is 4.74 Å². The van der Waals surface area contributed by atoms with Crippen LogP contribution in [-0.4, -0.2) is 10.7 Å². The first kappa shape index (κ1) is 15.3. The molecule has 0 radical (unpaired) electrons. The molecule has 2 atom stereocenters. The third-order valence-electron chi connectivity index (χ3n) is 5.61. The van der Waals surface area contributed by atoms with Gasteiger partial charge in [0, 0.05) is 17.4 Å². The summed E-state index contributed by atoms with van der Waals surface area (Å²) in [5.41, 5.74) is 4.28. The highest BCUT2D eigenvalue weighted by Crippen LogP contribution is 2.54. The van der Waals surface area contributed by atoms with Crippen LogP contribution in [0.3, 0.4) is 0 Å². The van der Waals surface area contributed by atoms with Crippen LogP contribution in [0.25, 0.3) is 11.1 Å². The maximum absolute atomic E-state index is 10.8. The molecule has 2 nitrogen and oxygen atoms in total. The van der Waals surface area contributed by atoms with Gasteiger partial charge in [0.15, 0.2) is 0 Å². The number of ether oxygens (including phenoxy) is 1. The molecular formula is C22H24O2. The predicted molar refractivity (Wildman–Crippen MR) is 97.5 cm³/mol. The number of phenolic OH excluding ortho intramolecular Hbond substituents is 1. The van der Waals surface area contributed by atoms with Gasteiger partial charge >= 0.3 is 0 Å². The summed E-state index contributed by atoms with van der Waals surface area (Å²) in [6.07, 6.45) is 4.35. The van der Waals surface area contributed by atoms with E-state index in [1.54, 1.807) is 0 Å². The summed E-state index contributed by atoms with van der Waals surface area (Å²) in [7, 11) is 0. The van der Waals surface area contributed by atoms with Gasteiger partial charge in [-0.1, -0.05) is 42.0 Å². The van der Waals surface area contributed by atoms with Gasteiger partial charge in [-0.2, -0.15) is 0 Å². The first-order chi connectivity index (χ1) is 11.5. The van der Waals surface area contributed by atoms with E-state index >= 15 is 0 Å². The van der Waals surface area contributed by atoms with Crippen LogP contribution in [0.15, 0.2) is 54.1 Å². The Morgan fingerprint density at radius 3 is 2.58 bits per heavy atom. The molecule has 24 heavy (non-hydrogen) atoms. The Balaban J connectivity index is 1.86. The van der Waals surface area contributed by atoms with Crippen molar-refractivity contribution in [3.63, 3.8) is 0 Å². The highest BCUT2D eigenvalue weighted by Gasteiger charge is 2.45. The molecule has 1 aliphatic heterocycles. The molecule has 1 aliphatic carbocycles. The minimum Gasteiger partial charge on any atom is -0.507 e. The average Bonchev–Trinajstić information content (AvgIpc) is 2.54. The largest absolute Gasteiger partial charge is 0.507 e. The fourth-order valence-corrected chi connectivity index (χ4v) is 4.36. The number of phenols is 1. The van der Waals surface area contributed by atoms with E-state index in [2.05, 4.69) is 45.0 Å². The van der Waals surface area contributed by atoms with Crippen molar-refractivity contribution < 1.29 is 9.84 Å². The quantitative estimate of drug-likeness (QED) is 0.686. The Morgan fingerprint density at radius 1 is 1.08 bits per heavy atom. The second-order valence-electron chi connectivity index (χ2n) is 7.68. The SMILES string of the molecule is CC1=CC[C@@H]2C(C1)c1c(O)cc(-c3ccccc3)cc1OC2(C)C. The van der Waals surface area contributed by atoms with Crippen molar-refractivity contribution in [1.29, 1.82) is 0 Å². The molecule has 0 aromatic heterocycles. The standard InChI is InChI=1S/C22H24O2/c1-14-9-10-18-17(11-14)21-19(23)12-16(15-7-5-4-6-8-15)13-20(21)24-22(18,2)3/h4-9,12-13,17-18,23H,10-11H2,1-3H3/t17?,18-/m1/s1. The third kappa shape index (κ3) is 2.41. The second-order valence-corrected chi connectivity index (χ2v) is 7.68. The first-order valence-corrected chi connectivity index (χ1v) is 8.72. The van der Waals surface area contributed by atoms with E-state index in [1.165, 1.54) is 5.57 Å². The summed E-state index contributed by atoms with van der Waals surface area (Å²) in [4.78, 5) is 0. The maximum atomic E-state index is 10.8. The molecule has 1 heterocycles. The monoisotopic (exact) mass is 320 g/mol. The molecule has 4 rings (SSSR count). The average molecular weight is 320 g/mol. The van der Waals surface area contributed by atoms with E-state index in [0.29, 0.717) is 17.6 Å². The van der Waals surface area contributed by atoms with Crippen LogP contribution in [0.2, 0.25) is 0 Å². The van der Waals surface area contributed by atoms with Crippen LogP contribution in [0.1, 0.15) is 45.1 Å². The Morgan fingerprint density at radius 2 is 1.83 bits per heavy atom. The minimum atomic E-state index is -0.226.